The van der Waals surface area contributed by atoms with E-state index in [4.69, 9.17) is 0 Å². The fraction of sp³-hybridized carbons (Fsp3) is 1.00. The van der Waals surface area contributed by atoms with Crippen molar-refractivity contribution in [2.45, 2.75) is 64.2 Å². The largest absolute Gasteiger partial charge is 0.316 e. The van der Waals surface area contributed by atoms with Gasteiger partial charge >= 0.3 is 0 Å². The molecule has 15 heavy (non-hydrogen) atoms. The molecule has 2 aliphatic rings. The van der Waals surface area contributed by atoms with Crippen molar-refractivity contribution in [2.24, 2.45) is 11.8 Å². The van der Waals surface area contributed by atoms with Crippen LogP contribution in [-0.4, -0.2) is 13.1 Å². The molecule has 2 saturated carbocycles. The summed E-state index contributed by atoms with van der Waals surface area (Å²) in [5.74, 6) is 2.11. The second-order valence-electron chi connectivity index (χ2n) is 5.65. The van der Waals surface area contributed by atoms with Crippen molar-refractivity contribution >= 4 is 0 Å². The summed E-state index contributed by atoms with van der Waals surface area (Å²) in [5.41, 5.74) is 0. The van der Waals surface area contributed by atoms with Gasteiger partial charge in [0.2, 0.25) is 0 Å². The minimum Gasteiger partial charge on any atom is -0.316 e. The maximum absolute atomic E-state index is 3.67. The third-order valence-corrected chi connectivity index (χ3v) is 4.07. The van der Waals surface area contributed by atoms with Gasteiger partial charge in [0.15, 0.2) is 0 Å². The molecule has 1 N–H and O–H groups in total. The quantitative estimate of drug-likeness (QED) is 0.519. The van der Waals surface area contributed by atoms with E-state index in [2.05, 4.69) is 5.32 Å². The van der Waals surface area contributed by atoms with Crippen LogP contribution in [0.3, 0.4) is 0 Å². The van der Waals surface area contributed by atoms with Gasteiger partial charge in [0.05, 0.1) is 0 Å². The van der Waals surface area contributed by atoms with E-state index in [1.165, 1.54) is 77.3 Å². The Labute approximate surface area is 95.0 Å². The monoisotopic (exact) mass is 209 g/mol. The lowest BCUT2D eigenvalue weighted by Crippen LogP contribution is -2.23. The lowest BCUT2D eigenvalue weighted by Gasteiger charge is -2.14. The molecule has 0 heterocycles. The van der Waals surface area contributed by atoms with E-state index < -0.39 is 0 Å². The Morgan fingerprint density at radius 3 is 2.20 bits per heavy atom. The second-order valence-corrected chi connectivity index (χ2v) is 5.65. The molecule has 0 aromatic rings. The van der Waals surface area contributed by atoms with Crippen molar-refractivity contribution in [3.63, 3.8) is 0 Å². The van der Waals surface area contributed by atoms with E-state index in [0.717, 1.165) is 11.8 Å². The van der Waals surface area contributed by atoms with Gasteiger partial charge < -0.3 is 5.32 Å². The zero-order valence-electron chi connectivity index (χ0n) is 10.1. The molecular formula is C14H27N. The zero-order chi connectivity index (χ0) is 10.3. The zero-order valence-corrected chi connectivity index (χ0v) is 10.1. The highest BCUT2D eigenvalue weighted by Gasteiger charge is 2.20. The predicted octanol–water partition coefficient (Wildman–Crippen LogP) is 3.74. The minimum atomic E-state index is 0.994. The standard InChI is InChI=1S/C14H27N/c1-2-4-7-14(6-3-1)12-15-11-5-8-13-9-10-13/h13-15H,1-12H2. The Morgan fingerprint density at radius 2 is 1.53 bits per heavy atom. The maximum atomic E-state index is 3.67. The molecule has 2 aliphatic carbocycles. The number of rotatable bonds is 6. The first-order chi connectivity index (χ1) is 7.45. The van der Waals surface area contributed by atoms with Gasteiger partial charge in [-0.05, 0) is 50.6 Å². The van der Waals surface area contributed by atoms with E-state index in [1.54, 1.807) is 0 Å². The van der Waals surface area contributed by atoms with Crippen molar-refractivity contribution in [1.29, 1.82) is 0 Å². The van der Waals surface area contributed by atoms with Gasteiger partial charge in [-0.1, -0.05) is 38.5 Å². The summed E-state index contributed by atoms with van der Waals surface area (Å²) < 4.78 is 0. The lowest BCUT2D eigenvalue weighted by atomic mass is 10.0. The van der Waals surface area contributed by atoms with Gasteiger partial charge in [-0.3, -0.25) is 0 Å². The maximum Gasteiger partial charge on any atom is -0.00205 e. The molecule has 0 aromatic heterocycles. The smallest absolute Gasteiger partial charge is 0.00205 e. The van der Waals surface area contributed by atoms with Gasteiger partial charge in [-0.15, -0.1) is 0 Å². The molecular weight excluding hydrogens is 182 g/mol. The van der Waals surface area contributed by atoms with E-state index in [1.807, 2.05) is 0 Å². The number of hydrogen-bond acceptors (Lipinski definition) is 1. The van der Waals surface area contributed by atoms with Gasteiger partial charge in [0.25, 0.3) is 0 Å². The summed E-state index contributed by atoms with van der Waals surface area (Å²) in [6, 6.07) is 0. The van der Waals surface area contributed by atoms with Crippen molar-refractivity contribution < 1.29 is 0 Å². The third kappa shape index (κ3) is 5.01. The van der Waals surface area contributed by atoms with Crippen molar-refractivity contribution in [2.75, 3.05) is 13.1 Å². The molecule has 0 bridgehead atoms. The highest BCUT2D eigenvalue weighted by atomic mass is 14.9. The Bertz CT molecular complexity index is 155. The van der Waals surface area contributed by atoms with E-state index in [-0.39, 0.29) is 0 Å². The molecule has 88 valence electrons. The Kier molecular flexibility index (Phi) is 4.98. The highest BCUT2D eigenvalue weighted by molar-refractivity contribution is 4.73. The van der Waals surface area contributed by atoms with Crippen LogP contribution in [0.25, 0.3) is 0 Å². The molecule has 0 aliphatic heterocycles. The summed E-state index contributed by atoms with van der Waals surface area (Å²) in [6.45, 7) is 2.57. The van der Waals surface area contributed by atoms with Crippen molar-refractivity contribution in [3.05, 3.63) is 0 Å². The first kappa shape index (κ1) is 11.4. The van der Waals surface area contributed by atoms with Crippen LogP contribution in [0.1, 0.15) is 64.2 Å². The fourth-order valence-electron chi connectivity index (χ4n) is 2.80. The molecule has 0 aromatic carbocycles. The summed E-state index contributed by atoms with van der Waals surface area (Å²) in [4.78, 5) is 0. The van der Waals surface area contributed by atoms with Crippen LogP contribution in [0.2, 0.25) is 0 Å². The molecule has 0 spiro atoms. The van der Waals surface area contributed by atoms with Crippen LogP contribution < -0.4 is 5.32 Å². The summed E-state index contributed by atoms with van der Waals surface area (Å²) in [5, 5.41) is 3.67. The van der Waals surface area contributed by atoms with Gasteiger partial charge in [0, 0.05) is 0 Å². The Morgan fingerprint density at radius 1 is 0.800 bits per heavy atom. The molecule has 0 saturated heterocycles. The second kappa shape index (κ2) is 6.52. The highest BCUT2D eigenvalue weighted by Crippen LogP contribution is 2.33. The molecule has 1 nitrogen and oxygen atoms in total. The van der Waals surface area contributed by atoms with E-state index in [0.29, 0.717) is 0 Å². The summed E-state index contributed by atoms with van der Waals surface area (Å²) >= 11 is 0. The van der Waals surface area contributed by atoms with Crippen LogP contribution in [0, 0.1) is 11.8 Å². The fourth-order valence-corrected chi connectivity index (χ4v) is 2.80. The van der Waals surface area contributed by atoms with Crippen LogP contribution in [0.4, 0.5) is 0 Å². The van der Waals surface area contributed by atoms with Gasteiger partial charge in [-0.25, -0.2) is 0 Å². The number of nitrogens with one attached hydrogen (secondary N) is 1. The van der Waals surface area contributed by atoms with Gasteiger partial charge in [0.1, 0.15) is 0 Å². The van der Waals surface area contributed by atoms with Crippen LogP contribution in [0.5, 0.6) is 0 Å². The average molecular weight is 209 g/mol. The minimum absolute atomic E-state index is 0.994. The van der Waals surface area contributed by atoms with Gasteiger partial charge in [-0.2, -0.15) is 0 Å². The van der Waals surface area contributed by atoms with Crippen molar-refractivity contribution in [3.8, 4) is 0 Å². The Hall–Kier alpha value is -0.0400. The molecule has 0 atom stereocenters. The first-order valence-corrected chi connectivity index (χ1v) is 7.16. The summed E-state index contributed by atoms with van der Waals surface area (Å²) in [6.07, 6.45) is 14.8. The lowest BCUT2D eigenvalue weighted by molar-refractivity contribution is 0.421. The molecule has 0 radical (unpaired) electrons. The average Bonchev–Trinajstić information content (AvgIpc) is 3.03. The van der Waals surface area contributed by atoms with E-state index in [9.17, 15) is 0 Å². The van der Waals surface area contributed by atoms with Crippen LogP contribution >= 0.6 is 0 Å². The third-order valence-electron chi connectivity index (χ3n) is 4.07. The predicted molar refractivity (Wildman–Crippen MR) is 66.0 cm³/mol. The number of hydrogen-bond donors (Lipinski definition) is 1. The molecule has 2 rings (SSSR count). The topological polar surface area (TPSA) is 12.0 Å². The summed E-state index contributed by atoms with van der Waals surface area (Å²) in [7, 11) is 0. The molecule has 0 amide bonds. The van der Waals surface area contributed by atoms with E-state index >= 15 is 0 Å². The molecule has 0 unspecified atom stereocenters. The van der Waals surface area contributed by atoms with Crippen LogP contribution in [0.15, 0.2) is 0 Å². The normalized spacial score (nSPS) is 24.0. The first-order valence-electron chi connectivity index (χ1n) is 7.16. The molecule has 1 heteroatoms. The Balaban J connectivity index is 1.44. The van der Waals surface area contributed by atoms with Crippen molar-refractivity contribution in [1.82, 2.24) is 5.32 Å². The SMILES string of the molecule is C1CCCC(CNCCCC2CC2)CC1. The molecule has 2 fully saturated rings. The van der Waals surface area contributed by atoms with Crippen LogP contribution in [-0.2, 0) is 0 Å².